The van der Waals surface area contributed by atoms with Crippen LogP contribution in [0.1, 0.15) is 56.9 Å². The highest BCUT2D eigenvalue weighted by atomic mass is 32.2. The van der Waals surface area contributed by atoms with Crippen LogP contribution in [0.4, 0.5) is 13.6 Å². The van der Waals surface area contributed by atoms with Crippen LogP contribution in [0, 0.1) is 11.6 Å². The van der Waals surface area contributed by atoms with Gasteiger partial charge in [0.25, 0.3) is 0 Å². The summed E-state index contributed by atoms with van der Waals surface area (Å²) in [6, 6.07) is 2.48. The lowest BCUT2D eigenvalue weighted by molar-refractivity contribution is 0.0374. The molecule has 1 amide bonds. The van der Waals surface area contributed by atoms with Crippen LogP contribution in [-0.2, 0) is 14.8 Å². The number of benzene rings is 1. The molecule has 0 aromatic heterocycles. The van der Waals surface area contributed by atoms with E-state index in [1.54, 1.807) is 4.90 Å². The molecular weight excluding hydrogens is 498 g/mol. The number of carbonyl (C=O) groups is 1. The number of halogens is 2. The summed E-state index contributed by atoms with van der Waals surface area (Å²) >= 11 is 0. The zero-order chi connectivity index (χ0) is 26.1. The van der Waals surface area contributed by atoms with E-state index in [0.29, 0.717) is 44.3 Å². The van der Waals surface area contributed by atoms with Gasteiger partial charge in [0.15, 0.2) is 17.4 Å². The van der Waals surface area contributed by atoms with Crippen molar-refractivity contribution < 1.29 is 41.7 Å². The lowest BCUT2D eigenvalue weighted by Crippen LogP contribution is -2.43. The van der Waals surface area contributed by atoms with Gasteiger partial charge in [-0.2, -0.15) is 0 Å². The molecule has 4 rings (SSSR count). The summed E-state index contributed by atoms with van der Waals surface area (Å²) in [5.74, 6) is -2.85. The molecule has 1 saturated carbocycles. The first-order valence-electron chi connectivity index (χ1n) is 12.4. The van der Waals surface area contributed by atoms with Crippen molar-refractivity contribution >= 4 is 16.1 Å². The number of rotatable bonds is 8. The molecule has 2 N–H and O–H groups in total. The van der Waals surface area contributed by atoms with Crippen LogP contribution in [0.25, 0.3) is 0 Å². The molecule has 12 heteroatoms. The van der Waals surface area contributed by atoms with Gasteiger partial charge in [0.2, 0.25) is 10.0 Å². The fourth-order valence-corrected chi connectivity index (χ4v) is 6.24. The van der Waals surface area contributed by atoms with Crippen LogP contribution in [0.5, 0.6) is 5.75 Å². The molecule has 1 aromatic rings. The largest absolute Gasteiger partial charge is 0.484 e. The highest BCUT2D eigenvalue weighted by molar-refractivity contribution is 7.89. The Bertz CT molecular complexity index is 1030. The van der Waals surface area contributed by atoms with Crippen molar-refractivity contribution in [2.75, 3.05) is 38.5 Å². The normalized spacial score (nSPS) is 22.3. The van der Waals surface area contributed by atoms with E-state index in [9.17, 15) is 27.1 Å². The Labute approximate surface area is 210 Å². The van der Waals surface area contributed by atoms with Crippen molar-refractivity contribution in [2.24, 2.45) is 0 Å². The van der Waals surface area contributed by atoms with Crippen molar-refractivity contribution in [3.8, 4) is 5.75 Å². The first-order valence-corrected chi connectivity index (χ1v) is 14.0. The lowest BCUT2D eigenvalue weighted by atomic mass is 9.90. The number of aliphatic hydroxyl groups excluding tert-OH is 2. The van der Waals surface area contributed by atoms with Crippen molar-refractivity contribution in [1.29, 1.82) is 0 Å². The Balaban J connectivity index is 1.30. The lowest BCUT2D eigenvalue weighted by Gasteiger charge is -2.33. The topological polar surface area (TPSA) is 117 Å². The van der Waals surface area contributed by atoms with Crippen molar-refractivity contribution in [1.82, 2.24) is 9.21 Å². The van der Waals surface area contributed by atoms with Gasteiger partial charge in [0.05, 0.1) is 18.5 Å². The van der Waals surface area contributed by atoms with E-state index in [0.717, 1.165) is 12.8 Å². The summed E-state index contributed by atoms with van der Waals surface area (Å²) in [4.78, 5) is 13.8. The minimum Gasteiger partial charge on any atom is -0.484 e. The summed E-state index contributed by atoms with van der Waals surface area (Å²) in [7, 11) is -3.73. The monoisotopic (exact) mass is 532 g/mol. The number of piperidine rings is 2. The van der Waals surface area contributed by atoms with Gasteiger partial charge < -0.3 is 24.6 Å². The molecule has 3 aliphatic rings. The van der Waals surface area contributed by atoms with E-state index in [2.05, 4.69) is 0 Å². The fraction of sp³-hybridized carbons (Fsp3) is 0.708. The highest BCUT2D eigenvalue weighted by Crippen LogP contribution is 2.39. The summed E-state index contributed by atoms with van der Waals surface area (Å²) in [6.07, 6.45) is 1.20. The zero-order valence-electron chi connectivity index (χ0n) is 20.4. The first kappa shape index (κ1) is 27.0. The number of hydrogen-bond donors (Lipinski definition) is 2. The second kappa shape index (κ2) is 10.8. The maximum Gasteiger partial charge on any atom is 0.410 e. The molecule has 36 heavy (non-hydrogen) atoms. The van der Waals surface area contributed by atoms with Gasteiger partial charge in [-0.3, -0.25) is 0 Å². The summed E-state index contributed by atoms with van der Waals surface area (Å²) in [5, 5.41) is 18.4. The Kier molecular flexibility index (Phi) is 8.08. The van der Waals surface area contributed by atoms with Gasteiger partial charge in [-0.1, -0.05) is 0 Å². The second-order valence-electron chi connectivity index (χ2n) is 10.2. The molecule has 0 unspecified atom stereocenters. The van der Waals surface area contributed by atoms with Crippen molar-refractivity contribution in [2.45, 2.75) is 69.2 Å². The quantitative estimate of drug-likeness (QED) is 0.528. The predicted molar refractivity (Wildman–Crippen MR) is 126 cm³/mol. The number of sulfonamides is 1. The van der Waals surface area contributed by atoms with Gasteiger partial charge in [0, 0.05) is 39.0 Å². The molecule has 2 heterocycles. The average Bonchev–Trinajstić information content (AvgIpc) is 3.57. The third kappa shape index (κ3) is 6.45. The minimum absolute atomic E-state index is 0.160. The molecular formula is C24H34F2N2O7S. The van der Waals surface area contributed by atoms with Crippen LogP contribution >= 0.6 is 0 Å². The standard InChI is InChI=1S/C24H34F2N2O7S/c1-24(6-7-24)35-23(31)27-8-4-19(5-9-27)34-22-20(25)12-17(13-21(22)26)16-2-10-28(11-3-16)36(32,33)15-18(30)14-29/h12-13,16,18-19,29-30H,2-11,14-15H2,1H3/t18-/m0/s1. The van der Waals surface area contributed by atoms with Crippen LogP contribution < -0.4 is 4.74 Å². The molecule has 2 aliphatic heterocycles. The maximum atomic E-state index is 14.9. The molecule has 2 saturated heterocycles. The number of likely N-dealkylation sites (tertiary alicyclic amines) is 1. The maximum absolute atomic E-state index is 14.9. The molecule has 202 valence electrons. The number of hydrogen-bond acceptors (Lipinski definition) is 7. The molecule has 0 spiro atoms. The Morgan fingerprint density at radius 1 is 1.11 bits per heavy atom. The van der Waals surface area contributed by atoms with Gasteiger partial charge >= 0.3 is 6.09 Å². The van der Waals surface area contributed by atoms with E-state index >= 15 is 0 Å². The Morgan fingerprint density at radius 2 is 1.69 bits per heavy atom. The Hall–Kier alpha value is -2.02. The van der Waals surface area contributed by atoms with Gasteiger partial charge in [-0.25, -0.2) is 26.3 Å². The van der Waals surface area contributed by atoms with Crippen molar-refractivity contribution in [3.05, 3.63) is 29.3 Å². The minimum atomic E-state index is -3.73. The number of aliphatic hydroxyl groups is 2. The first-order chi connectivity index (χ1) is 17.0. The third-order valence-corrected chi connectivity index (χ3v) is 9.18. The number of carbonyl (C=O) groups excluding carboxylic acids is 1. The van der Waals surface area contributed by atoms with E-state index < -0.39 is 52.0 Å². The van der Waals surface area contributed by atoms with Crippen LogP contribution in [0.3, 0.4) is 0 Å². The second-order valence-corrected chi connectivity index (χ2v) is 12.2. The van der Waals surface area contributed by atoms with Gasteiger partial charge in [-0.05, 0) is 56.2 Å². The SMILES string of the molecule is CC1(OC(=O)N2CCC(Oc3c(F)cc(C4CCN(S(=O)(=O)C[C@@H](O)CO)CC4)cc3F)CC2)CC1. The molecule has 0 radical (unpaired) electrons. The van der Waals surface area contributed by atoms with Crippen LogP contribution in [0.2, 0.25) is 0 Å². The van der Waals surface area contributed by atoms with E-state index in [-0.39, 0.29) is 30.7 Å². The zero-order valence-corrected chi connectivity index (χ0v) is 21.2. The van der Waals surface area contributed by atoms with Crippen LogP contribution in [0.15, 0.2) is 12.1 Å². The predicted octanol–water partition coefficient (Wildman–Crippen LogP) is 2.36. The van der Waals surface area contributed by atoms with E-state index in [1.165, 1.54) is 16.4 Å². The summed E-state index contributed by atoms with van der Waals surface area (Å²) in [5.41, 5.74) is 0.0852. The van der Waals surface area contributed by atoms with Crippen LogP contribution in [-0.4, -0.2) is 90.3 Å². The smallest absolute Gasteiger partial charge is 0.410 e. The molecule has 1 aliphatic carbocycles. The number of amides is 1. The number of ether oxygens (including phenoxy) is 2. The fourth-order valence-electron chi connectivity index (χ4n) is 4.67. The molecule has 1 aromatic carbocycles. The van der Waals surface area contributed by atoms with Gasteiger partial charge in [-0.15, -0.1) is 0 Å². The highest BCUT2D eigenvalue weighted by Gasteiger charge is 2.43. The van der Waals surface area contributed by atoms with E-state index in [4.69, 9.17) is 14.6 Å². The molecule has 1 atom stereocenters. The van der Waals surface area contributed by atoms with Gasteiger partial charge in [0.1, 0.15) is 11.7 Å². The summed E-state index contributed by atoms with van der Waals surface area (Å²) in [6.45, 7) is 2.34. The Morgan fingerprint density at radius 3 is 2.22 bits per heavy atom. The third-order valence-electron chi connectivity index (χ3n) is 7.23. The number of nitrogens with zero attached hydrogens (tertiary/aromatic N) is 2. The molecule has 3 fully saturated rings. The van der Waals surface area contributed by atoms with E-state index in [1.807, 2.05) is 6.92 Å². The average molecular weight is 533 g/mol. The molecule has 9 nitrogen and oxygen atoms in total. The summed E-state index contributed by atoms with van der Waals surface area (Å²) < 4.78 is 66.8. The molecule has 0 bridgehead atoms. The van der Waals surface area contributed by atoms with Crippen molar-refractivity contribution in [3.63, 3.8) is 0 Å².